The van der Waals surface area contributed by atoms with Gasteiger partial charge in [0.1, 0.15) is 0 Å². The Morgan fingerprint density at radius 3 is 2.56 bits per heavy atom. The summed E-state index contributed by atoms with van der Waals surface area (Å²) in [5.41, 5.74) is 10.7. The van der Waals surface area contributed by atoms with Crippen molar-refractivity contribution in [2.45, 2.75) is 12.5 Å². The van der Waals surface area contributed by atoms with Gasteiger partial charge in [-0.3, -0.25) is 14.6 Å². The van der Waals surface area contributed by atoms with Gasteiger partial charge in [0.25, 0.3) is 0 Å². The zero-order valence-electron chi connectivity index (χ0n) is 8.63. The van der Waals surface area contributed by atoms with E-state index in [0.717, 1.165) is 12.2 Å². The number of hydrogen-bond acceptors (Lipinski definition) is 5. The summed E-state index contributed by atoms with van der Waals surface area (Å²) >= 11 is 1.34. The van der Waals surface area contributed by atoms with Crippen LogP contribution < -0.4 is 11.5 Å². The summed E-state index contributed by atoms with van der Waals surface area (Å²) in [6.07, 6.45) is 3.89. The summed E-state index contributed by atoms with van der Waals surface area (Å²) in [5, 5.41) is 0.153. The molecule has 0 saturated carbocycles. The molecule has 1 aliphatic rings. The molecule has 1 saturated heterocycles. The van der Waals surface area contributed by atoms with Gasteiger partial charge in [0.15, 0.2) is 0 Å². The fourth-order valence-corrected chi connectivity index (χ4v) is 1.92. The number of carbonyl (C=O) groups excluding carboxylic acids is 2. The number of nitrogens with zero attached hydrogens (tertiary/aromatic N) is 1. The van der Waals surface area contributed by atoms with Crippen molar-refractivity contribution >= 4 is 22.8 Å². The first kappa shape index (κ1) is 12.7. The second-order valence-electron chi connectivity index (χ2n) is 3.17. The van der Waals surface area contributed by atoms with Crippen molar-refractivity contribution in [1.29, 1.82) is 0 Å². The number of nitrogens with two attached hydrogens (primary N) is 2. The highest BCUT2D eigenvalue weighted by atomic mass is 32.2. The van der Waals surface area contributed by atoms with E-state index in [4.69, 9.17) is 11.5 Å². The van der Waals surface area contributed by atoms with E-state index in [1.807, 2.05) is 0 Å². The van der Waals surface area contributed by atoms with Crippen LogP contribution in [0, 0.1) is 0 Å². The van der Waals surface area contributed by atoms with Crippen LogP contribution in [0.25, 0.3) is 0 Å². The number of pyridine rings is 1. The van der Waals surface area contributed by atoms with Crippen LogP contribution in [-0.4, -0.2) is 27.8 Å². The van der Waals surface area contributed by atoms with Crippen LogP contribution in [0.5, 0.6) is 0 Å². The molecule has 1 aromatic heterocycles. The van der Waals surface area contributed by atoms with Crippen molar-refractivity contribution in [2.24, 2.45) is 11.5 Å². The third-order valence-corrected chi connectivity index (χ3v) is 2.95. The van der Waals surface area contributed by atoms with Gasteiger partial charge in [-0.15, -0.1) is 0 Å². The van der Waals surface area contributed by atoms with Gasteiger partial charge in [-0.25, -0.2) is 0 Å². The summed E-state index contributed by atoms with van der Waals surface area (Å²) in [5.74, 6) is 0.475. The quantitative estimate of drug-likeness (QED) is 0.727. The first-order chi connectivity index (χ1) is 7.61. The van der Waals surface area contributed by atoms with E-state index in [1.54, 1.807) is 18.3 Å². The molecular weight excluding hydrogens is 226 g/mol. The van der Waals surface area contributed by atoms with Crippen molar-refractivity contribution in [3.05, 3.63) is 30.1 Å². The lowest BCUT2D eigenvalue weighted by Crippen LogP contribution is -2.22. The van der Waals surface area contributed by atoms with Crippen LogP contribution in [0.1, 0.15) is 16.8 Å². The zero-order chi connectivity index (χ0) is 12.0. The smallest absolute Gasteiger partial charge is 0.250 e. The third kappa shape index (κ3) is 4.00. The fraction of sp³-hybridized carbons (Fsp3) is 0.300. The monoisotopic (exact) mass is 239 g/mol. The van der Waals surface area contributed by atoms with E-state index in [9.17, 15) is 9.59 Å². The van der Waals surface area contributed by atoms with Crippen LogP contribution in [-0.2, 0) is 4.79 Å². The van der Waals surface area contributed by atoms with Gasteiger partial charge in [0, 0.05) is 18.1 Å². The van der Waals surface area contributed by atoms with E-state index in [1.165, 1.54) is 18.0 Å². The molecule has 5 nitrogen and oxygen atoms in total. The maximum absolute atomic E-state index is 10.4. The molecule has 0 radical (unpaired) electrons. The highest BCUT2D eigenvalue weighted by Crippen LogP contribution is 2.16. The first-order valence-electron chi connectivity index (χ1n) is 4.73. The van der Waals surface area contributed by atoms with Crippen molar-refractivity contribution in [1.82, 2.24) is 4.98 Å². The molecule has 2 rings (SSSR count). The molecule has 1 amide bonds. The van der Waals surface area contributed by atoms with E-state index < -0.39 is 5.91 Å². The van der Waals surface area contributed by atoms with Crippen LogP contribution in [0.15, 0.2) is 24.5 Å². The second kappa shape index (κ2) is 6.24. The number of hydrogen-bond donors (Lipinski definition) is 2. The number of amides is 1. The number of thioether (sulfide) groups is 1. The SMILES string of the molecule is NC(=O)c1cccnc1.N[C@H]1CCSC1=O. The lowest BCUT2D eigenvalue weighted by Gasteiger charge is -1.90. The Bertz CT molecular complexity index is 370. The zero-order valence-corrected chi connectivity index (χ0v) is 9.44. The topological polar surface area (TPSA) is 99.1 Å². The van der Waals surface area contributed by atoms with Gasteiger partial charge in [-0.1, -0.05) is 11.8 Å². The largest absolute Gasteiger partial charge is 0.366 e. The Labute approximate surface area is 97.6 Å². The lowest BCUT2D eigenvalue weighted by atomic mass is 10.3. The Hall–Kier alpha value is -1.40. The summed E-state index contributed by atoms with van der Waals surface area (Å²) in [7, 11) is 0. The van der Waals surface area contributed by atoms with Crippen LogP contribution in [0.2, 0.25) is 0 Å². The van der Waals surface area contributed by atoms with Crippen LogP contribution >= 0.6 is 11.8 Å². The number of aromatic nitrogens is 1. The lowest BCUT2D eigenvalue weighted by molar-refractivity contribution is -0.111. The second-order valence-corrected chi connectivity index (χ2v) is 4.27. The van der Waals surface area contributed by atoms with Crippen molar-refractivity contribution in [2.75, 3.05) is 5.75 Å². The Morgan fingerprint density at radius 1 is 1.56 bits per heavy atom. The normalized spacial score (nSPS) is 18.8. The standard InChI is InChI=1S/C6H6N2O.C4H7NOS/c7-6(9)5-2-1-3-8-4-5;5-3-1-2-7-4(3)6/h1-4H,(H2,7,9);3H,1-2,5H2/t;3-/m.0/s1. The predicted octanol–water partition coefficient (Wildman–Crippen LogP) is 0.158. The molecule has 0 bridgehead atoms. The highest BCUT2D eigenvalue weighted by molar-refractivity contribution is 8.14. The molecule has 1 atom stereocenters. The summed E-state index contributed by atoms with van der Waals surface area (Å²) < 4.78 is 0. The molecule has 1 aliphatic heterocycles. The highest BCUT2D eigenvalue weighted by Gasteiger charge is 2.20. The summed E-state index contributed by atoms with van der Waals surface area (Å²) in [6.45, 7) is 0. The van der Waals surface area contributed by atoms with E-state index >= 15 is 0 Å². The molecule has 86 valence electrons. The van der Waals surface area contributed by atoms with E-state index in [-0.39, 0.29) is 11.2 Å². The molecular formula is C10H13N3O2S. The molecule has 0 aliphatic carbocycles. The van der Waals surface area contributed by atoms with Crippen molar-refractivity contribution in [3.63, 3.8) is 0 Å². The minimum absolute atomic E-state index is 0.153. The Balaban J connectivity index is 0.000000165. The summed E-state index contributed by atoms with van der Waals surface area (Å²) in [4.78, 5) is 24.5. The average molecular weight is 239 g/mol. The van der Waals surface area contributed by atoms with E-state index in [2.05, 4.69) is 4.98 Å². The molecule has 0 unspecified atom stereocenters. The minimum atomic E-state index is -0.442. The van der Waals surface area contributed by atoms with Gasteiger partial charge < -0.3 is 11.5 Å². The molecule has 0 spiro atoms. The van der Waals surface area contributed by atoms with Gasteiger partial charge in [-0.05, 0) is 18.6 Å². The minimum Gasteiger partial charge on any atom is -0.366 e. The Morgan fingerprint density at radius 2 is 2.31 bits per heavy atom. The van der Waals surface area contributed by atoms with Gasteiger partial charge in [-0.2, -0.15) is 0 Å². The maximum atomic E-state index is 10.4. The van der Waals surface area contributed by atoms with Gasteiger partial charge >= 0.3 is 0 Å². The fourth-order valence-electron chi connectivity index (χ4n) is 1.02. The number of primary amides is 1. The van der Waals surface area contributed by atoms with Crippen LogP contribution in [0.3, 0.4) is 0 Å². The molecule has 1 fully saturated rings. The van der Waals surface area contributed by atoms with Crippen molar-refractivity contribution in [3.8, 4) is 0 Å². The van der Waals surface area contributed by atoms with E-state index in [0.29, 0.717) is 5.56 Å². The van der Waals surface area contributed by atoms with Crippen LogP contribution in [0.4, 0.5) is 0 Å². The predicted molar refractivity (Wildman–Crippen MR) is 62.8 cm³/mol. The van der Waals surface area contributed by atoms with Gasteiger partial charge in [0.2, 0.25) is 11.0 Å². The van der Waals surface area contributed by atoms with Crippen molar-refractivity contribution < 1.29 is 9.59 Å². The average Bonchev–Trinajstić information content (AvgIpc) is 2.65. The molecule has 16 heavy (non-hydrogen) atoms. The number of rotatable bonds is 1. The maximum Gasteiger partial charge on any atom is 0.250 e. The molecule has 1 aromatic rings. The molecule has 6 heteroatoms. The Kier molecular flexibility index (Phi) is 4.94. The number of carbonyl (C=O) groups is 2. The third-order valence-electron chi connectivity index (χ3n) is 1.92. The first-order valence-corrected chi connectivity index (χ1v) is 5.72. The van der Waals surface area contributed by atoms with Gasteiger partial charge in [0.05, 0.1) is 11.6 Å². The molecule has 4 N–H and O–H groups in total. The molecule has 0 aromatic carbocycles. The molecule has 2 heterocycles. The summed E-state index contributed by atoms with van der Waals surface area (Å²) in [6, 6.07) is 3.13.